The highest BCUT2D eigenvalue weighted by Crippen LogP contribution is 2.35. The average Bonchev–Trinajstić information content (AvgIpc) is 2.67. The van der Waals surface area contributed by atoms with Crippen molar-refractivity contribution in [3.63, 3.8) is 0 Å². The minimum Gasteiger partial charge on any atom is -0.481 e. The van der Waals surface area contributed by atoms with Gasteiger partial charge in [-0.2, -0.15) is 0 Å². The Labute approximate surface area is 148 Å². The van der Waals surface area contributed by atoms with Crippen LogP contribution in [-0.2, 0) is 4.79 Å². The number of nitrogens with zero attached hydrogens (tertiary/aromatic N) is 1. The lowest BCUT2D eigenvalue weighted by atomic mass is 9.78. The van der Waals surface area contributed by atoms with Gasteiger partial charge < -0.3 is 10.0 Å². The van der Waals surface area contributed by atoms with Gasteiger partial charge >= 0.3 is 5.97 Å². The molecule has 2 aromatic rings. The van der Waals surface area contributed by atoms with E-state index in [2.05, 4.69) is 0 Å². The van der Waals surface area contributed by atoms with E-state index < -0.39 is 5.97 Å². The smallest absolute Gasteiger partial charge is 0.303 e. The molecule has 3 rings (SSSR count). The fraction of sp³-hybridized carbons (Fsp3) is 0.333. The van der Waals surface area contributed by atoms with Gasteiger partial charge in [0.25, 0.3) is 5.91 Å². The van der Waals surface area contributed by atoms with Crippen LogP contribution in [0.1, 0.15) is 41.1 Å². The second-order valence-corrected chi connectivity index (χ2v) is 6.61. The molecule has 25 heavy (non-hydrogen) atoms. The Morgan fingerprint density at radius 2 is 1.52 bits per heavy atom. The first-order chi connectivity index (χ1) is 12.1. The van der Waals surface area contributed by atoms with Crippen LogP contribution < -0.4 is 0 Å². The van der Waals surface area contributed by atoms with E-state index >= 15 is 0 Å². The number of benzene rings is 2. The number of hydrogen-bond donors (Lipinski definition) is 1. The molecule has 1 fully saturated rings. The molecule has 1 atom stereocenters. The van der Waals surface area contributed by atoms with Crippen LogP contribution in [0.15, 0.2) is 60.7 Å². The summed E-state index contributed by atoms with van der Waals surface area (Å²) in [6.07, 6.45) is 1.82. The van der Waals surface area contributed by atoms with Crippen LogP contribution in [0.5, 0.6) is 0 Å². The third kappa shape index (κ3) is 4.27. The molecule has 0 radical (unpaired) electrons. The molecule has 1 saturated heterocycles. The number of amides is 1. The van der Waals surface area contributed by atoms with E-state index in [1.54, 1.807) is 0 Å². The molecule has 4 heteroatoms. The summed E-state index contributed by atoms with van der Waals surface area (Å²) in [7, 11) is 0. The van der Waals surface area contributed by atoms with Crippen LogP contribution >= 0.6 is 0 Å². The molecule has 0 aromatic heterocycles. The van der Waals surface area contributed by atoms with Crippen molar-refractivity contribution in [1.29, 1.82) is 0 Å². The van der Waals surface area contributed by atoms with Crippen LogP contribution in [0.2, 0.25) is 0 Å². The van der Waals surface area contributed by atoms with E-state index in [9.17, 15) is 14.7 Å². The summed E-state index contributed by atoms with van der Waals surface area (Å²) >= 11 is 0. The van der Waals surface area contributed by atoms with Crippen molar-refractivity contribution in [2.24, 2.45) is 5.92 Å². The van der Waals surface area contributed by atoms with E-state index in [1.165, 1.54) is 0 Å². The first-order valence-electron chi connectivity index (χ1n) is 8.76. The highest BCUT2D eigenvalue weighted by atomic mass is 16.4. The normalized spacial score (nSPS) is 16.4. The molecule has 0 aliphatic carbocycles. The number of hydrogen-bond acceptors (Lipinski definition) is 2. The van der Waals surface area contributed by atoms with Gasteiger partial charge in [0.15, 0.2) is 0 Å². The molecule has 4 nitrogen and oxygen atoms in total. The summed E-state index contributed by atoms with van der Waals surface area (Å²) < 4.78 is 0. The lowest BCUT2D eigenvalue weighted by Gasteiger charge is -2.36. The van der Waals surface area contributed by atoms with Gasteiger partial charge in [0, 0.05) is 18.7 Å². The summed E-state index contributed by atoms with van der Waals surface area (Å²) in [5, 5.41) is 9.30. The van der Waals surface area contributed by atoms with Crippen molar-refractivity contribution in [1.82, 2.24) is 4.90 Å². The van der Waals surface area contributed by atoms with E-state index in [1.807, 2.05) is 65.6 Å². The second kappa shape index (κ2) is 7.97. The van der Waals surface area contributed by atoms with Gasteiger partial charge in [-0.1, -0.05) is 48.5 Å². The van der Waals surface area contributed by atoms with E-state index in [4.69, 9.17) is 0 Å². The molecule has 0 bridgehead atoms. The predicted molar refractivity (Wildman–Crippen MR) is 96.5 cm³/mol. The lowest BCUT2D eigenvalue weighted by molar-refractivity contribution is -0.137. The fourth-order valence-corrected chi connectivity index (χ4v) is 3.71. The van der Waals surface area contributed by atoms with Crippen molar-refractivity contribution in [3.05, 3.63) is 71.8 Å². The Morgan fingerprint density at radius 3 is 2.08 bits per heavy atom. The summed E-state index contributed by atoms with van der Waals surface area (Å²) in [4.78, 5) is 25.8. The minimum absolute atomic E-state index is 0.00711. The Bertz CT molecular complexity index is 706. The van der Waals surface area contributed by atoms with Crippen molar-refractivity contribution < 1.29 is 14.7 Å². The molecule has 1 amide bonds. The van der Waals surface area contributed by atoms with Crippen LogP contribution in [0.25, 0.3) is 0 Å². The van der Waals surface area contributed by atoms with Crippen molar-refractivity contribution in [2.45, 2.75) is 25.2 Å². The third-order valence-electron chi connectivity index (χ3n) is 5.04. The summed E-state index contributed by atoms with van der Waals surface area (Å²) in [5.41, 5.74) is 1.80. The molecule has 2 aromatic carbocycles. The summed E-state index contributed by atoms with van der Waals surface area (Å²) in [6.45, 7) is 1.36. The summed E-state index contributed by atoms with van der Waals surface area (Å²) in [6, 6.07) is 19.2. The monoisotopic (exact) mass is 337 g/mol. The maximum atomic E-state index is 12.6. The molecule has 0 spiro atoms. The predicted octanol–water partition coefficient (Wildman–Crippen LogP) is 3.80. The van der Waals surface area contributed by atoms with Gasteiger partial charge in [-0.25, -0.2) is 0 Å². The van der Waals surface area contributed by atoms with E-state index in [0.29, 0.717) is 24.6 Å². The van der Waals surface area contributed by atoms with Gasteiger partial charge in [0.05, 0.1) is 6.42 Å². The number of carboxylic acid groups (broad SMARTS) is 1. The average molecular weight is 337 g/mol. The zero-order chi connectivity index (χ0) is 17.6. The van der Waals surface area contributed by atoms with Crippen LogP contribution in [0.4, 0.5) is 0 Å². The number of carbonyl (C=O) groups excluding carboxylic acids is 1. The number of rotatable bonds is 5. The molecule has 1 aliphatic heterocycles. The van der Waals surface area contributed by atoms with Crippen molar-refractivity contribution >= 4 is 11.9 Å². The Morgan fingerprint density at radius 1 is 0.960 bits per heavy atom. The van der Waals surface area contributed by atoms with E-state index in [-0.39, 0.29) is 18.2 Å². The molecule has 1 unspecified atom stereocenters. The quantitative estimate of drug-likeness (QED) is 0.903. The van der Waals surface area contributed by atoms with Gasteiger partial charge in [0.1, 0.15) is 0 Å². The number of carboxylic acids is 1. The molecule has 1 heterocycles. The fourth-order valence-electron chi connectivity index (χ4n) is 3.71. The molecule has 1 aliphatic rings. The van der Waals surface area contributed by atoms with Gasteiger partial charge in [0.2, 0.25) is 0 Å². The second-order valence-electron chi connectivity index (χ2n) is 6.61. The Hall–Kier alpha value is -2.62. The first-order valence-corrected chi connectivity index (χ1v) is 8.76. The zero-order valence-corrected chi connectivity index (χ0v) is 14.2. The van der Waals surface area contributed by atoms with E-state index in [0.717, 1.165) is 18.4 Å². The van der Waals surface area contributed by atoms with Crippen LogP contribution in [0.3, 0.4) is 0 Å². The van der Waals surface area contributed by atoms with Crippen LogP contribution in [-0.4, -0.2) is 35.0 Å². The molecule has 1 N–H and O–H groups in total. The highest BCUT2D eigenvalue weighted by molar-refractivity contribution is 5.94. The molecular weight excluding hydrogens is 314 g/mol. The Balaban J connectivity index is 1.67. The molecular formula is C21H23NO3. The summed E-state index contributed by atoms with van der Waals surface area (Å²) in [5.74, 6) is -0.406. The minimum atomic E-state index is -0.767. The maximum Gasteiger partial charge on any atom is 0.303 e. The molecule has 0 saturated carbocycles. The maximum absolute atomic E-state index is 12.6. The van der Waals surface area contributed by atoms with Gasteiger partial charge in [-0.3, -0.25) is 9.59 Å². The zero-order valence-electron chi connectivity index (χ0n) is 14.2. The van der Waals surface area contributed by atoms with Gasteiger partial charge in [-0.15, -0.1) is 0 Å². The standard InChI is InChI=1S/C21H23NO3/c23-20(24)15-19(16-7-3-1-4-8-16)17-11-13-22(14-12-17)21(25)18-9-5-2-6-10-18/h1-10,17,19H,11-15H2,(H,23,24). The number of carbonyl (C=O) groups is 2. The lowest BCUT2D eigenvalue weighted by Crippen LogP contribution is -2.40. The Kier molecular flexibility index (Phi) is 5.49. The third-order valence-corrected chi connectivity index (χ3v) is 5.04. The topological polar surface area (TPSA) is 57.6 Å². The largest absolute Gasteiger partial charge is 0.481 e. The van der Waals surface area contributed by atoms with Crippen molar-refractivity contribution in [2.75, 3.05) is 13.1 Å². The molecule has 130 valence electrons. The van der Waals surface area contributed by atoms with Crippen molar-refractivity contribution in [3.8, 4) is 0 Å². The first kappa shape index (κ1) is 17.2. The number of piperidine rings is 1. The number of likely N-dealkylation sites (tertiary alicyclic amines) is 1. The number of aliphatic carboxylic acids is 1. The SMILES string of the molecule is O=C(O)CC(c1ccccc1)C1CCN(C(=O)c2ccccc2)CC1. The highest BCUT2D eigenvalue weighted by Gasteiger charge is 2.30. The van der Waals surface area contributed by atoms with Crippen LogP contribution in [0, 0.1) is 5.92 Å². The van der Waals surface area contributed by atoms with Gasteiger partial charge in [-0.05, 0) is 42.4 Å².